The molecular formula is C13H13ClN2O2. The number of nitriles is 1. The van der Waals surface area contributed by atoms with E-state index < -0.39 is 5.97 Å². The Hall–Kier alpha value is -1.99. The lowest BCUT2D eigenvalue weighted by molar-refractivity contribution is -0.138. The van der Waals surface area contributed by atoms with Crippen molar-refractivity contribution >= 4 is 23.3 Å². The van der Waals surface area contributed by atoms with Gasteiger partial charge in [-0.15, -0.1) is 0 Å². The number of hydrogen-bond donors (Lipinski definition) is 1. The Morgan fingerprint density at radius 3 is 2.83 bits per heavy atom. The predicted octanol–water partition coefficient (Wildman–Crippen LogP) is 3.11. The summed E-state index contributed by atoms with van der Waals surface area (Å²) in [6, 6.07) is 8.83. The fraction of sp³-hybridized carbons (Fsp3) is 0.231. The first-order valence-corrected chi connectivity index (χ1v) is 5.77. The number of carbonyl (C=O) groups excluding carboxylic acids is 1. The van der Waals surface area contributed by atoms with Gasteiger partial charge in [0.25, 0.3) is 0 Å². The highest BCUT2D eigenvalue weighted by molar-refractivity contribution is 6.30. The molecular weight excluding hydrogens is 252 g/mol. The fourth-order valence-electron chi connectivity index (χ4n) is 1.33. The molecule has 0 amide bonds. The Bertz CT molecular complexity index is 518. The van der Waals surface area contributed by atoms with Crippen molar-refractivity contribution < 1.29 is 9.53 Å². The molecule has 1 aromatic carbocycles. The summed E-state index contributed by atoms with van der Waals surface area (Å²) in [4.78, 5) is 11.5. The van der Waals surface area contributed by atoms with Gasteiger partial charge in [-0.3, -0.25) is 0 Å². The van der Waals surface area contributed by atoms with Crippen LogP contribution in [0, 0.1) is 11.3 Å². The molecule has 0 saturated carbocycles. The molecule has 0 aromatic heterocycles. The maximum absolute atomic E-state index is 11.5. The molecule has 0 bridgehead atoms. The van der Waals surface area contributed by atoms with E-state index in [-0.39, 0.29) is 12.2 Å². The zero-order valence-electron chi connectivity index (χ0n) is 10.2. The Morgan fingerprint density at radius 1 is 1.56 bits per heavy atom. The van der Waals surface area contributed by atoms with Crippen LogP contribution in [-0.4, -0.2) is 12.6 Å². The Kier molecular flexibility index (Phi) is 5.22. The van der Waals surface area contributed by atoms with E-state index in [2.05, 4.69) is 5.32 Å². The summed E-state index contributed by atoms with van der Waals surface area (Å²) >= 11 is 5.84. The summed E-state index contributed by atoms with van der Waals surface area (Å²) < 4.78 is 4.79. The third-order valence-electron chi connectivity index (χ3n) is 2.12. The number of rotatable bonds is 4. The SMILES string of the molecule is CCOC(=O)/C(C#N)=C(/C)Nc1cccc(Cl)c1. The molecule has 0 aliphatic rings. The van der Waals surface area contributed by atoms with Crippen molar-refractivity contribution in [3.63, 3.8) is 0 Å². The predicted molar refractivity (Wildman–Crippen MR) is 70.0 cm³/mol. The number of hydrogen-bond acceptors (Lipinski definition) is 4. The second-order valence-electron chi connectivity index (χ2n) is 3.47. The quantitative estimate of drug-likeness (QED) is 0.516. The number of allylic oxidation sites excluding steroid dienone is 1. The first-order valence-electron chi connectivity index (χ1n) is 5.39. The van der Waals surface area contributed by atoms with E-state index in [9.17, 15) is 4.79 Å². The number of halogens is 1. The summed E-state index contributed by atoms with van der Waals surface area (Å²) in [7, 11) is 0. The molecule has 4 nitrogen and oxygen atoms in total. The number of ether oxygens (including phenoxy) is 1. The minimum atomic E-state index is -0.632. The molecule has 18 heavy (non-hydrogen) atoms. The smallest absolute Gasteiger partial charge is 0.350 e. The van der Waals surface area contributed by atoms with Gasteiger partial charge in [0, 0.05) is 16.4 Å². The normalized spacial score (nSPS) is 11.2. The van der Waals surface area contributed by atoms with E-state index in [0.717, 1.165) is 0 Å². The molecule has 1 rings (SSSR count). The van der Waals surface area contributed by atoms with Gasteiger partial charge in [-0.25, -0.2) is 4.79 Å². The van der Waals surface area contributed by atoms with Gasteiger partial charge < -0.3 is 10.1 Å². The van der Waals surface area contributed by atoms with Crippen LogP contribution in [0.2, 0.25) is 5.02 Å². The zero-order chi connectivity index (χ0) is 13.5. The molecule has 94 valence electrons. The van der Waals surface area contributed by atoms with Gasteiger partial charge in [0.2, 0.25) is 0 Å². The Morgan fingerprint density at radius 2 is 2.28 bits per heavy atom. The van der Waals surface area contributed by atoms with Crippen LogP contribution in [0.5, 0.6) is 0 Å². The second-order valence-corrected chi connectivity index (χ2v) is 3.90. The van der Waals surface area contributed by atoms with Crippen molar-refractivity contribution in [2.24, 2.45) is 0 Å². The summed E-state index contributed by atoms with van der Waals surface area (Å²) in [5.74, 6) is -0.632. The number of anilines is 1. The lowest BCUT2D eigenvalue weighted by Crippen LogP contribution is -2.11. The molecule has 0 aliphatic heterocycles. The largest absolute Gasteiger partial charge is 0.462 e. The van der Waals surface area contributed by atoms with E-state index in [1.807, 2.05) is 6.07 Å². The number of carbonyl (C=O) groups is 1. The molecule has 1 aromatic rings. The van der Waals surface area contributed by atoms with E-state index in [4.69, 9.17) is 21.6 Å². The van der Waals surface area contributed by atoms with Gasteiger partial charge in [0.1, 0.15) is 6.07 Å². The molecule has 0 atom stereocenters. The molecule has 1 N–H and O–H groups in total. The second kappa shape index (κ2) is 6.67. The van der Waals surface area contributed by atoms with Gasteiger partial charge in [0.05, 0.1) is 6.61 Å². The minimum absolute atomic E-state index is 0.0446. The lowest BCUT2D eigenvalue weighted by atomic mass is 10.2. The van der Waals surface area contributed by atoms with E-state index in [0.29, 0.717) is 16.4 Å². The van der Waals surface area contributed by atoms with E-state index in [1.165, 1.54) is 0 Å². The van der Waals surface area contributed by atoms with Gasteiger partial charge in [-0.1, -0.05) is 17.7 Å². The molecule has 5 heteroatoms. The van der Waals surface area contributed by atoms with Gasteiger partial charge in [0.15, 0.2) is 5.57 Å². The standard InChI is InChI=1S/C13H13ClN2O2/c1-3-18-13(17)12(8-15)9(2)16-11-6-4-5-10(14)7-11/h4-7,16H,3H2,1-2H3/b12-9-. The average Bonchev–Trinajstić information content (AvgIpc) is 2.30. The van der Waals surface area contributed by atoms with Crippen molar-refractivity contribution in [2.45, 2.75) is 13.8 Å². The molecule has 0 fully saturated rings. The monoisotopic (exact) mass is 264 g/mol. The molecule has 0 heterocycles. The Labute approximate surface area is 111 Å². The zero-order valence-corrected chi connectivity index (χ0v) is 10.9. The first-order chi connectivity index (χ1) is 8.58. The van der Waals surface area contributed by atoms with Crippen LogP contribution in [0.15, 0.2) is 35.5 Å². The highest BCUT2D eigenvalue weighted by Crippen LogP contribution is 2.17. The van der Waals surface area contributed by atoms with Crippen molar-refractivity contribution in [1.82, 2.24) is 0 Å². The van der Waals surface area contributed by atoms with Crippen LogP contribution in [-0.2, 0) is 9.53 Å². The molecule has 0 saturated heterocycles. The Balaban J connectivity index is 2.94. The summed E-state index contributed by atoms with van der Waals surface area (Å²) in [6.07, 6.45) is 0. The van der Waals surface area contributed by atoms with Crippen molar-refractivity contribution in [1.29, 1.82) is 5.26 Å². The van der Waals surface area contributed by atoms with Crippen LogP contribution in [0.3, 0.4) is 0 Å². The lowest BCUT2D eigenvalue weighted by Gasteiger charge is -2.09. The van der Waals surface area contributed by atoms with Crippen molar-refractivity contribution in [2.75, 3.05) is 11.9 Å². The first kappa shape index (κ1) is 14.1. The maximum atomic E-state index is 11.5. The van der Waals surface area contributed by atoms with Crippen molar-refractivity contribution in [3.05, 3.63) is 40.6 Å². The minimum Gasteiger partial charge on any atom is -0.462 e. The third kappa shape index (κ3) is 3.79. The van der Waals surface area contributed by atoms with Crippen molar-refractivity contribution in [3.8, 4) is 6.07 Å². The average molecular weight is 265 g/mol. The summed E-state index contributed by atoms with van der Waals surface area (Å²) in [6.45, 7) is 3.55. The van der Waals surface area contributed by atoms with Gasteiger partial charge >= 0.3 is 5.97 Å². The number of esters is 1. The topological polar surface area (TPSA) is 62.1 Å². The van der Waals surface area contributed by atoms with Crippen LogP contribution in [0.1, 0.15) is 13.8 Å². The molecule has 0 spiro atoms. The fourth-order valence-corrected chi connectivity index (χ4v) is 1.52. The highest BCUT2D eigenvalue weighted by Gasteiger charge is 2.13. The maximum Gasteiger partial charge on any atom is 0.350 e. The van der Waals surface area contributed by atoms with Crippen LogP contribution >= 0.6 is 11.6 Å². The molecule has 0 radical (unpaired) electrons. The number of benzene rings is 1. The van der Waals surface area contributed by atoms with Gasteiger partial charge in [-0.2, -0.15) is 5.26 Å². The molecule has 0 aliphatic carbocycles. The number of nitrogens with zero attached hydrogens (tertiary/aromatic N) is 1. The summed E-state index contributed by atoms with van der Waals surface area (Å²) in [5, 5.41) is 12.5. The summed E-state index contributed by atoms with van der Waals surface area (Å²) in [5.41, 5.74) is 1.09. The van der Waals surface area contributed by atoms with Gasteiger partial charge in [-0.05, 0) is 32.0 Å². The van der Waals surface area contributed by atoms with E-state index in [1.54, 1.807) is 38.1 Å². The van der Waals surface area contributed by atoms with Crippen LogP contribution in [0.4, 0.5) is 5.69 Å². The van der Waals surface area contributed by atoms with E-state index >= 15 is 0 Å². The van der Waals surface area contributed by atoms with Crippen LogP contribution in [0.25, 0.3) is 0 Å². The number of nitrogens with one attached hydrogen (secondary N) is 1. The molecule has 0 unspecified atom stereocenters. The van der Waals surface area contributed by atoms with Crippen LogP contribution < -0.4 is 5.32 Å². The highest BCUT2D eigenvalue weighted by atomic mass is 35.5. The third-order valence-corrected chi connectivity index (χ3v) is 2.36.